The average Bonchev–Trinajstić information content (AvgIpc) is 2.86. The fraction of sp³-hybridized carbons (Fsp3) is 0.552. The first-order chi connectivity index (χ1) is 17.7. The number of rotatable bonds is 13. The van der Waals surface area contributed by atoms with Gasteiger partial charge in [0.05, 0.1) is 20.8 Å². The highest BCUT2D eigenvalue weighted by Gasteiger charge is 2.33. The molecule has 1 aliphatic carbocycles. The number of carboxylic acid groups (broad SMARTS) is 1. The average molecular weight is 520 g/mol. The van der Waals surface area contributed by atoms with Crippen LogP contribution in [-0.4, -0.2) is 63.0 Å². The van der Waals surface area contributed by atoms with Crippen LogP contribution in [-0.2, 0) is 22.4 Å². The van der Waals surface area contributed by atoms with Crippen LogP contribution in [0.3, 0.4) is 0 Å². The monoisotopic (exact) mass is 519 g/mol. The predicted octanol–water partition coefficient (Wildman–Crippen LogP) is 5.32. The Morgan fingerprint density at radius 1 is 1.14 bits per heavy atom. The van der Waals surface area contributed by atoms with Gasteiger partial charge in [-0.3, -0.25) is 0 Å². The highest BCUT2D eigenvalue weighted by molar-refractivity contribution is 5.72. The minimum atomic E-state index is -0.987. The van der Waals surface area contributed by atoms with E-state index in [1.165, 1.54) is 20.3 Å². The number of likely N-dealkylation sites (N-methyl/N-ethyl adjacent to an activating group) is 1. The maximum Gasteiger partial charge on any atom is 0.332 e. The molecule has 0 fully saturated rings. The lowest BCUT2D eigenvalue weighted by molar-refractivity contribution is -0.152. The second-order valence-corrected chi connectivity index (χ2v) is 10.2. The molecule has 6 nitrogen and oxygen atoms in total. The standard InChI is InChI=1S/C29H39F2NO5/c1-18(2)26-21(7-6-20-16-22(30)9-10-23(20)26)17-37-25(29(33)34)13-15-32(3)14-12-19-8-11-24(35-4)28(36-5)27(19)31/h8-11,16,18,21,25-26H,6-7,12-15,17H2,1-5H3,(H,33,34)/t21?,25-,26-/m1/s1. The van der Waals surface area contributed by atoms with E-state index in [0.29, 0.717) is 49.8 Å². The molecule has 2 aromatic carbocycles. The lowest BCUT2D eigenvalue weighted by atomic mass is 9.70. The molecule has 1 unspecified atom stereocenters. The van der Waals surface area contributed by atoms with Crippen LogP contribution >= 0.6 is 0 Å². The molecule has 2 aromatic rings. The maximum absolute atomic E-state index is 14.7. The van der Waals surface area contributed by atoms with Crippen molar-refractivity contribution in [1.82, 2.24) is 4.90 Å². The first-order valence-electron chi connectivity index (χ1n) is 12.9. The summed E-state index contributed by atoms with van der Waals surface area (Å²) in [6.45, 7) is 5.66. The van der Waals surface area contributed by atoms with Crippen LogP contribution < -0.4 is 9.47 Å². The summed E-state index contributed by atoms with van der Waals surface area (Å²) in [4.78, 5) is 13.9. The Labute approximate surface area is 218 Å². The highest BCUT2D eigenvalue weighted by atomic mass is 19.1. The molecule has 0 bridgehead atoms. The van der Waals surface area contributed by atoms with Gasteiger partial charge in [0.2, 0.25) is 0 Å². The molecule has 0 spiro atoms. The molecular weight excluding hydrogens is 480 g/mol. The van der Waals surface area contributed by atoms with Gasteiger partial charge in [0.15, 0.2) is 23.4 Å². The predicted molar refractivity (Wildman–Crippen MR) is 138 cm³/mol. The van der Waals surface area contributed by atoms with Crippen LogP contribution in [0.4, 0.5) is 8.78 Å². The van der Waals surface area contributed by atoms with E-state index in [4.69, 9.17) is 14.2 Å². The van der Waals surface area contributed by atoms with Gasteiger partial charge >= 0.3 is 5.97 Å². The third kappa shape index (κ3) is 7.20. The number of benzene rings is 2. The number of halogens is 2. The smallest absolute Gasteiger partial charge is 0.332 e. The number of fused-ring (bicyclic) bond motifs is 1. The van der Waals surface area contributed by atoms with E-state index in [1.54, 1.807) is 18.2 Å². The van der Waals surface area contributed by atoms with Crippen molar-refractivity contribution in [2.45, 2.75) is 51.6 Å². The van der Waals surface area contributed by atoms with Gasteiger partial charge in [-0.1, -0.05) is 26.0 Å². The van der Waals surface area contributed by atoms with Crippen molar-refractivity contribution in [3.63, 3.8) is 0 Å². The number of hydrogen-bond donors (Lipinski definition) is 1. The second kappa shape index (κ2) is 13.2. The molecule has 3 atom stereocenters. The van der Waals surface area contributed by atoms with Gasteiger partial charge in [-0.2, -0.15) is 0 Å². The van der Waals surface area contributed by atoms with Gasteiger partial charge in [-0.05, 0) is 85.4 Å². The van der Waals surface area contributed by atoms with E-state index < -0.39 is 17.9 Å². The van der Waals surface area contributed by atoms with Gasteiger partial charge in [0, 0.05) is 13.1 Å². The first-order valence-corrected chi connectivity index (χ1v) is 12.9. The summed E-state index contributed by atoms with van der Waals surface area (Å²) in [5, 5.41) is 9.77. The van der Waals surface area contributed by atoms with Crippen LogP contribution in [0.5, 0.6) is 11.5 Å². The van der Waals surface area contributed by atoms with Crippen LogP contribution in [0.15, 0.2) is 30.3 Å². The van der Waals surface area contributed by atoms with Crippen molar-refractivity contribution in [3.8, 4) is 11.5 Å². The normalized spacial score (nSPS) is 18.1. The molecule has 37 heavy (non-hydrogen) atoms. The SMILES string of the molecule is COc1ccc(CCN(C)CC[C@@H](OCC2CCc3cc(F)ccc3[C@@H]2C(C)C)C(=O)O)c(F)c1OC. The summed E-state index contributed by atoms with van der Waals surface area (Å²) in [5.74, 6) is -0.547. The zero-order valence-electron chi connectivity index (χ0n) is 22.4. The van der Waals surface area contributed by atoms with E-state index in [0.717, 1.165) is 24.0 Å². The Balaban J connectivity index is 1.55. The van der Waals surface area contributed by atoms with Crippen molar-refractivity contribution in [2.75, 3.05) is 41.0 Å². The molecule has 0 heterocycles. The van der Waals surface area contributed by atoms with Crippen molar-refractivity contribution >= 4 is 5.97 Å². The van der Waals surface area contributed by atoms with Gasteiger partial charge < -0.3 is 24.2 Å². The summed E-state index contributed by atoms with van der Waals surface area (Å²) in [7, 11) is 4.74. The topological polar surface area (TPSA) is 68.2 Å². The molecule has 0 radical (unpaired) electrons. The van der Waals surface area contributed by atoms with Crippen molar-refractivity contribution in [1.29, 1.82) is 0 Å². The van der Waals surface area contributed by atoms with E-state index in [1.807, 2.05) is 18.0 Å². The van der Waals surface area contributed by atoms with E-state index in [9.17, 15) is 18.7 Å². The fourth-order valence-corrected chi connectivity index (χ4v) is 5.38. The van der Waals surface area contributed by atoms with Crippen LogP contribution in [0, 0.1) is 23.5 Å². The third-order valence-electron chi connectivity index (χ3n) is 7.36. The van der Waals surface area contributed by atoms with Gasteiger partial charge in [-0.15, -0.1) is 0 Å². The number of aliphatic carboxylic acids is 1. The van der Waals surface area contributed by atoms with E-state index in [-0.39, 0.29) is 23.4 Å². The number of nitrogens with zero attached hydrogens (tertiary/aromatic N) is 1. The molecule has 0 aliphatic heterocycles. The Bertz CT molecular complexity index is 1060. The molecule has 1 aliphatic rings. The molecule has 8 heteroatoms. The lowest BCUT2D eigenvalue weighted by Gasteiger charge is -2.36. The zero-order chi connectivity index (χ0) is 27.1. The summed E-state index contributed by atoms with van der Waals surface area (Å²) in [6, 6.07) is 8.34. The van der Waals surface area contributed by atoms with Gasteiger partial charge in [0.25, 0.3) is 0 Å². The summed E-state index contributed by atoms with van der Waals surface area (Å²) in [6.07, 6.45) is 1.43. The van der Waals surface area contributed by atoms with Gasteiger partial charge in [-0.25, -0.2) is 13.6 Å². The largest absolute Gasteiger partial charge is 0.493 e. The lowest BCUT2D eigenvalue weighted by Crippen LogP contribution is -2.34. The molecule has 3 rings (SSSR count). The molecule has 0 saturated carbocycles. The van der Waals surface area contributed by atoms with Crippen molar-refractivity contribution < 1.29 is 32.9 Å². The Hall–Kier alpha value is -2.71. The summed E-state index contributed by atoms with van der Waals surface area (Å²) >= 11 is 0. The van der Waals surface area contributed by atoms with Crippen LogP contribution in [0.2, 0.25) is 0 Å². The number of aryl methyl sites for hydroxylation is 1. The summed E-state index contributed by atoms with van der Waals surface area (Å²) < 4.78 is 44.7. The Morgan fingerprint density at radius 2 is 1.89 bits per heavy atom. The second-order valence-electron chi connectivity index (χ2n) is 10.2. The Kier molecular flexibility index (Phi) is 10.3. The fourth-order valence-electron chi connectivity index (χ4n) is 5.38. The molecule has 0 aromatic heterocycles. The number of ether oxygens (including phenoxy) is 3. The number of carbonyl (C=O) groups is 1. The third-order valence-corrected chi connectivity index (χ3v) is 7.36. The van der Waals surface area contributed by atoms with Crippen molar-refractivity contribution in [2.24, 2.45) is 11.8 Å². The molecule has 1 N–H and O–H groups in total. The molecule has 204 valence electrons. The zero-order valence-corrected chi connectivity index (χ0v) is 22.4. The van der Waals surface area contributed by atoms with Gasteiger partial charge in [0.1, 0.15) is 5.82 Å². The van der Waals surface area contributed by atoms with E-state index in [2.05, 4.69) is 13.8 Å². The number of methoxy groups -OCH3 is 2. The minimum Gasteiger partial charge on any atom is -0.493 e. The Morgan fingerprint density at radius 3 is 2.54 bits per heavy atom. The minimum absolute atomic E-state index is 0.0807. The van der Waals surface area contributed by atoms with E-state index >= 15 is 0 Å². The first kappa shape index (κ1) is 28.9. The molecule has 0 saturated heterocycles. The van der Waals surface area contributed by atoms with Crippen LogP contribution in [0.1, 0.15) is 49.3 Å². The van der Waals surface area contributed by atoms with Crippen molar-refractivity contribution in [3.05, 3.63) is 58.7 Å². The number of carboxylic acids is 1. The number of hydrogen-bond acceptors (Lipinski definition) is 5. The quantitative estimate of drug-likeness (QED) is 0.387. The molecule has 0 amide bonds. The highest BCUT2D eigenvalue weighted by Crippen LogP contribution is 2.41. The summed E-state index contributed by atoms with van der Waals surface area (Å²) in [5.41, 5.74) is 2.69. The van der Waals surface area contributed by atoms with Crippen LogP contribution in [0.25, 0.3) is 0 Å². The molecular formula is C29H39F2NO5. The maximum atomic E-state index is 14.7.